The third-order valence-corrected chi connectivity index (χ3v) is 3.70. The van der Waals surface area contributed by atoms with Crippen molar-refractivity contribution in [2.45, 2.75) is 13.5 Å². The average molecular weight is 359 g/mol. The highest BCUT2D eigenvalue weighted by molar-refractivity contribution is 9.10. The van der Waals surface area contributed by atoms with E-state index in [-0.39, 0.29) is 5.82 Å². The van der Waals surface area contributed by atoms with Crippen molar-refractivity contribution in [3.63, 3.8) is 0 Å². The van der Waals surface area contributed by atoms with Crippen LogP contribution in [0.15, 0.2) is 40.9 Å². The summed E-state index contributed by atoms with van der Waals surface area (Å²) in [7, 11) is 0. The van der Waals surface area contributed by atoms with Crippen LogP contribution in [0.3, 0.4) is 0 Å². The van der Waals surface area contributed by atoms with Gasteiger partial charge in [0.25, 0.3) is 0 Å². The molecule has 0 aromatic heterocycles. The summed E-state index contributed by atoms with van der Waals surface area (Å²) >= 11 is 9.37. The Labute approximate surface area is 131 Å². The quantitative estimate of drug-likeness (QED) is 0.788. The molecule has 2 aromatic carbocycles. The predicted octanol–water partition coefficient (Wildman–Crippen LogP) is 5.25. The Morgan fingerprint density at radius 3 is 2.75 bits per heavy atom. The Morgan fingerprint density at radius 2 is 2.05 bits per heavy atom. The Morgan fingerprint density at radius 1 is 1.25 bits per heavy atom. The molecule has 0 atom stereocenters. The first-order valence-electron chi connectivity index (χ1n) is 6.20. The van der Waals surface area contributed by atoms with Crippen molar-refractivity contribution in [2.24, 2.45) is 0 Å². The van der Waals surface area contributed by atoms with Crippen LogP contribution in [0.5, 0.6) is 5.75 Å². The fraction of sp³-hybridized carbons (Fsp3) is 0.200. The van der Waals surface area contributed by atoms with Crippen molar-refractivity contribution in [1.82, 2.24) is 0 Å². The number of hydrogen-bond donors (Lipinski definition) is 1. The first-order valence-corrected chi connectivity index (χ1v) is 7.37. The molecule has 0 spiro atoms. The lowest BCUT2D eigenvalue weighted by Gasteiger charge is -2.13. The van der Waals surface area contributed by atoms with E-state index in [0.717, 1.165) is 15.7 Å². The van der Waals surface area contributed by atoms with Crippen LogP contribution < -0.4 is 10.1 Å². The van der Waals surface area contributed by atoms with Gasteiger partial charge < -0.3 is 10.1 Å². The number of anilines is 1. The van der Waals surface area contributed by atoms with E-state index in [0.29, 0.717) is 23.9 Å². The molecule has 0 saturated heterocycles. The van der Waals surface area contributed by atoms with E-state index in [1.165, 1.54) is 12.1 Å². The number of halogens is 3. The smallest absolute Gasteiger partial charge is 0.145 e. The Balaban J connectivity index is 2.14. The SMILES string of the molecule is CCOc1cc(F)ccc1NCc1ccc(Cl)cc1Br. The normalized spacial score (nSPS) is 10.4. The minimum absolute atomic E-state index is 0.313. The number of rotatable bonds is 5. The van der Waals surface area contributed by atoms with Gasteiger partial charge in [-0.2, -0.15) is 0 Å². The molecule has 0 saturated carbocycles. The monoisotopic (exact) mass is 357 g/mol. The van der Waals surface area contributed by atoms with Crippen LogP contribution >= 0.6 is 27.5 Å². The molecule has 2 aromatic rings. The number of nitrogens with one attached hydrogen (secondary N) is 1. The lowest BCUT2D eigenvalue weighted by molar-refractivity contribution is 0.340. The highest BCUT2D eigenvalue weighted by Gasteiger charge is 2.06. The number of benzene rings is 2. The molecule has 0 aliphatic rings. The van der Waals surface area contributed by atoms with Crippen LogP contribution in [0.2, 0.25) is 5.02 Å². The van der Waals surface area contributed by atoms with Gasteiger partial charge >= 0.3 is 0 Å². The van der Waals surface area contributed by atoms with Crippen LogP contribution in [0.4, 0.5) is 10.1 Å². The van der Waals surface area contributed by atoms with Crippen molar-refractivity contribution >= 4 is 33.2 Å². The van der Waals surface area contributed by atoms with Gasteiger partial charge in [0, 0.05) is 22.1 Å². The van der Waals surface area contributed by atoms with E-state index in [2.05, 4.69) is 21.2 Å². The van der Waals surface area contributed by atoms with E-state index in [1.54, 1.807) is 6.07 Å². The minimum atomic E-state index is -0.313. The lowest BCUT2D eigenvalue weighted by Crippen LogP contribution is -2.03. The molecule has 0 aliphatic carbocycles. The van der Waals surface area contributed by atoms with Gasteiger partial charge in [0.1, 0.15) is 11.6 Å². The Bertz CT molecular complexity index is 606. The van der Waals surface area contributed by atoms with Crippen LogP contribution in [0.25, 0.3) is 0 Å². The molecule has 0 aliphatic heterocycles. The first-order chi connectivity index (χ1) is 9.60. The highest BCUT2D eigenvalue weighted by atomic mass is 79.9. The summed E-state index contributed by atoms with van der Waals surface area (Å²) in [6.45, 7) is 2.94. The summed E-state index contributed by atoms with van der Waals surface area (Å²) in [5.41, 5.74) is 1.82. The van der Waals surface area contributed by atoms with Gasteiger partial charge in [-0.1, -0.05) is 33.6 Å². The Kier molecular flexibility index (Phi) is 5.26. The Hall–Kier alpha value is -1.26. The van der Waals surface area contributed by atoms with E-state index >= 15 is 0 Å². The lowest BCUT2D eigenvalue weighted by atomic mass is 10.2. The maximum absolute atomic E-state index is 13.2. The zero-order chi connectivity index (χ0) is 14.5. The van der Waals surface area contributed by atoms with Crippen LogP contribution in [-0.2, 0) is 6.54 Å². The van der Waals surface area contributed by atoms with Crippen molar-refractivity contribution in [3.8, 4) is 5.75 Å². The molecule has 0 amide bonds. The maximum Gasteiger partial charge on any atom is 0.145 e. The van der Waals surface area contributed by atoms with Crippen molar-refractivity contribution < 1.29 is 9.13 Å². The molecule has 1 N–H and O–H groups in total. The highest BCUT2D eigenvalue weighted by Crippen LogP contribution is 2.27. The standard InChI is InChI=1S/C15H14BrClFNO/c1-2-20-15-8-12(18)5-6-14(15)19-9-10-3-4-11(17)7-13(10)16/h3-8,19H,2,9H2,1H3. The van der Waals surface area contributed by atoms with E-state index in [9.17, 15) is 4.39 Å². The maximum atomic E-state index is 13.2. The van der Waals surface area contributed by atoms with Crippen LogP contribution in [0, 0.1) is 5.82 Å². The fourth-order valence-electron chi connectivity index (χ4n) is 1.77. The molecular weight excluding hydrogens is 345 g/mol. The molecule has 2 rings (SSSR count). The molecule has 0 unspecified atom stereocenters. The summed E-state index contributed by atoms with van der Waals surface area (Å²) in [5, 5.41) is 3.92. The molecule has 20 heavy (non-hydrogen) atoms. The third-order valence-electron chi connectivity index (χ3n) is 2.73. The van der Waals surface area contributed by atoms with Gasteiger partial charge in [-0.25, -0.2) is 4.39 Å². The zero-order valence-electron chi connectivity index (χ0n) is 10.9. The van der Waals surface area contributed by atoms with Crippen LogP contribution in [0.1, 0.15) is 12.5 Å². The average Bonchev–Trinajstić information content (AvgIpc) is 2.40. The molecule has 5 heteroatoms. The first kappa shape index (κ1) is 15.1. The summed E-state index contributed by atoms with van der Waals surface area (Å²) in [4.78, 5) is 0. The second-order valence-corrected chi connectivity index (χ2v) is 5.45. The van der Waals surface area contributed by atoms with Gasteiger partial charge in [-0.05, 0) is 36.8 Å². The zero-order valence-corrected chi connectivity index (χ0v) is 13.3. The van der Waals surface area contributed by atoms with E-state index in [4.69, 9.17) is 16.3 Å². The van der Waals surface area contributed by atoms with Gasteiger partial charge in [-0.15, -0.1) is 0 Å². The van der Waals surface area contributed by atoms with E-state index < -0.39 is 0 Å². The second-order valence-electron chi connectivity index (χ2n) is 4.16. The van der Waals surface area contributed by atoms with Crippen molar-refractivity contribution in [1.29, 1.82) is 0 Å². The predicted molar refractivity (Wildman–Crippen MR) is 84.0 cm³/mol. The number of hydrogen-bond acceptors (Lipinski definition) is 2. The third kappa shape index (κ3) is 3.87. The molecule has 0 heterocycles. The van der Waals surface area contributed by atoms with Gasteiger partial charge in [0.2, 0.25) is 0 Å². The summed E-state index contributed by atoms with van der Waals surface area (Å²) in [6, 6.07) is 10.1. The largest absolute Gasteiger partial charge is 0.492 e. The van der Waals surface area contributed by atoms with Crippen molar-refractivity contribution in [3.05, 3.63) is 57.3 Å². The van der Waals surface area contributed by atoms with Crippen LogP contribution in [-0.4, -0.2) is 6.61 Å². The van der Waals surface area contributed by atoms with E-state index in [1.807, 2.05) is 25.1 Å². The molecule has 0 radical (unpaired) electrons. The second kappa shape index (κ2) is 6.95. The molecular formula is C15H14BrClFNO. The fourth-order valence-corrected chi connectivity index (χ4v) is 2.60. The van der Waals surface area contributed by atoms with Gasteiger partial charge in [-0.3, -0.25) is 0 Å². The van der Waals surface area contributed by atoms with Gasteiger partial charge in [0.05, 0.1) is 12.3 Å². The molecule has 0 fully saturated rings. The summed E-state index contributed by atoms with van der Waals surface area (Å²) in [6.07, 6.45) is 0. The summed E-state index contributed by atoms with van der Waals surface area (Å²) < 4.78 is 19.6. The van der Waals surface area contributed by atoms with Gasteiger partial charge in [0.15, 0.2) is 0 Å². The number of ether oxygens (including phenoxy) is 1. The summed E-state index contributed by atoms with van der Waals surface area (Å²) in [5.74, 6) is 0.198. The molecule has 0 bridgehead atoms. The topological polar surface area (TPSA) is 21.3 Å². The molecule has 106 valence electrons. The van der Waals surface area contributed by atoms with Crippen molar-refractivity contribution in [2.75, 3.05) is 11.9 Å². The molecule has 2 nitrogen and oxygen atoms in total. The minimum Gasteiger partial charge on any atom is -0.492 e.